The molecule has 0 radical (unpaired) electrons. The highest BCUT2D eigenvalue weighted by Crippen LogP contribution is 2.31. The SMILES string of the molecule is CNc1nc(SCCS(C)(=O)=O)c(Cl)cc1Cl. The van der Waals surface area contributed by atoms with Gasteiger partial charge in [-0.2, -0.15) is 0 Å². The van der Waals surface area contributed by atoms with Crippen molar-refractivity contribution in [2.45, 2.75) is 5.03 Å². The van der Waals surface area contributed by atoms with Crippen LogP contribution in [0.1, 0.15) is 0 Å². The van der Waals surface area contributed by atoms with Crippen molar-refractivity contribution in [1.29, 1.82) is 0 Å². The van der Waals surface area contributed by atoms with E-state index in [4.69, 9.17) is 23.2 Å². The fourth-order valence-corrected chi connectivity index (χ4v) is 3.72. The summed E-state index contributed by atoms with van der Waals surface area (Å²) in [5, 5.41) is 4.27. The van der Waals surface area contributed by atoms with Crippen molar-refractivity contribution in [3.63, 3.8) is 0 Å². The number of nitrogens with zero attached hydrogens (tertiary/aromatic N) is 1. The van der Waals surface area contributed by atoms with Crippen molar-refractivity contribution in [3.05, 3.63) is 16.1 Å². The van der Waals surface area contributed by atoms with Crippen LogP contribution in [0.15, 0.2) is 11.1 Å². The lowest BCUT2D eigenvalue weighted by atomic mass is 10.4. The van der Waals surface area contributed by atoms with Crippen LogP contribution in [-0.2, 0) is 9.84 Å². The molecule has 0 saturated carbocycles. The second-order valence-corrected chi connectivity index (χ2v) is 7.49. The molecule has 96 valence electrons. The summed E-state index contributed by atoms with van der Waals surface area (Å²) in [6.07, 6.45) is 1.20. The molecule has 0 amide bonds. The van der Waals surface area contributed by atoms with Crippen LogP contribution < -0.4 is 5.32 Å². The first-order valence-corrected chi connectivity index (χ1v) is 8.48. The van der Waals surface area contributed by atoms with Gasteiger partial charge in [0.25, 0.3) is 0 Å². The molecule has 0 atom stereocenters. The number of hydrogen-bond acceptors (Lipinski definition) is 5. The Hall–Kier alpha value is -0.170. The number of aromatic nitrogens is 1. The Morgan fingerprint density at radius 3 is 2.59 bits per heavy atom. The second kappa shape index (κ2) is 6.13. The average molecular weight is 315 g/mol. The Morgan fingerprint density at radius 1 is 1.41 bits per heavy atom. The Balaban J connectivity index is 2.77. The van der Waals surface area contributed by atoms with E-state index in [-0.39, 0.29) is 5.75 Å². The van der Waals surface area contributed by atoms with E-state index in [1.165, 1.54) is 18.0 Å². The molecule has 0 aromatic carbocycles. The molecule has 0 spiro atoms. The van der Waals surface area contributed by atoms with E-state index in [0.717, 1.165) is 0 Å². The normalized spacial score (nSPS) is 11.5. The molecule has 0 aliphatic rings. The summed E-state index contributed by atoms with van der Waals surface area (Å²) in [6, 6.07) is 1.59. The third kappa shape index (κ3) is 4.91. The molecular formula is C9H12Cl2N2O2S2. The zero-order valence-corrected chi connectivity index (χ0v) is 12.5. The Kier molecular flexibility index (Phi) is 5.37. The minimum Gasteiger partial charge on any atom is -0.372 e. The topological polar surface area (TPSA) is 59.1 Å². The van der Waals surface area contributed by atoms with Crippen LogP contribution in [0.4, 0.5) is 5.82 Å². The van der Waals surface area contributed by atoms with E-state index in [1.807, 2.05) is 0 Å². The zero-order chi connectivity index (χ0) is 13.1. The molecule has 0 aliphatic heterocycles. The average Bonchev–Trinajstić information content (AvgIpc) is 2.19. The fourth-order valence-electron chi connectivity index (χ4n) is 1.02. The molecule has 0 unspecified atom stereocenters. The van der Waals surface area contributed by atoms with Crippen LogP contribution in [0.2, 0.25) is 10.0 Å². The van der Waals surface area contributed by atoms with Gasteiger partial charge in [-0.05, 0) is 6.07 Å². The van der Waals surface area contributed by atoms with Crippen molar-refractivity contribution in [2.75, 3.05) is 30.1 Å². The summed E-state index contributed by atoms with van der Waals surface area (Å²) in [5.41, 5.74) is 0. The van der Waals surface area contributed by atoms with Crippen LogP contribution in [0, 0.1) is 0 Å². The Labute approximate surface area is 115 Å². The van der Waals surface area contributed by atoms with E-state index >= 15 is 0 Å². The minimum atomic E-state index is -2.96. The van der Waals surface area contributed by atoms with Gasteiger partial charge in [0.2, 0.25) is 0 Å². The molecule has 1 rings (SSSR count). The number of halogens is 2. The molecule has 0 bridgehead atoms. The summed E-state index contributed by atoms with van der Waals surface area (Å²) >= 11 is 13.1. The molecule has 0 saturated heterocycles. The minimum absolute atomic E-state index is 0.0905. The van der Waals surface area contributed by atoms with Gasteiger partial charge in [0, 0.05) is 19.1 Å². The molecule has 1 aromatic rings. The van der Waals surface area contributed by atoms with Crippen LogP contribution in [0.3, 0.4) is 0 Å². The highest BCUT2D eigenvalue weighted by molar-refractivity contribution is 8.00. The lowest BCUT2D eigenvalue weighted by Gasteiger charge is -2.07. The quantitative estimate of drug-likeness (QED) is 0.846. The smallest absolute Gasteiger partial charge is 0.148 e. The van der Waals surface area contributed by atoms with Crippen molar-refractivity contribution >= 4 is 50.6 Å². The van der Waals surface area contributed by atoms with Gasteiger partial charge in [0.05, 0.1) is 15.8 Å². The van der Waals surface area contributed by atoms with Crippen LogP contribution in [-0.4, -0.2) is 38.2 Å². The Morgan fingerprint density at radius 2 is 2.06 bits per heavy atom. The highest BCUT2D eigenvalue weighted by Gasteiger charge is 2.10. The van der Waals surface area contributed by atoms with Gasteiger partial charge in [-0.15, -0.1) is 11.8 Å². The Bertz CT molecular complexity index is 506. The summed E-state index contributed by atoms with van der Waals surface area (Å²) in [5.74, 6) is 1.03. The van der Waals surface area contributed by atoms with E-state index in [9.17, 15) is 8.42 Å². The van der Waals surface area contributed by atoms with E-state index in [1.54, 1.807) is 13.1 Å². The van der Waals surface area contributed by atoms with Crippen LogP contribution >= 0.6 is 35.0 Å². The largest absolute Gasteiger partial charge is 0.372 e. The maximum absolute atomic E-state index is 11.0. The standard InChI is InChI=1S/C9H12Cl2N2O2S2/c1-12-8-6(10)5-7(11)9(13-8)16-3-4-17(2,14)15/h5H,3-4H2,1-2H3,(H,12,13). The van der Waals surface area contributed by atoms with E-state index < -0.39 is 9.84 Å². The first-order chi connectivity index (χ1) is 7.83. The predicted octanol–water partition coefficient (Wildman–Crippen LogP) is 2.57. The van der Waals surface area contributed by atoms with E-state index in [0.29, 0.717) is 26.6 Å². The molecule has 1 heterocycles. The summed E-state index contributed by atoms with van der Waals surface area (Å²) < 4.78 is 22.0. The monoisotopic (exact) mass is 314 g/mol. The number of rotatable bonds is 5. The number of nitrogens with one attached hydrogen (secondary N) is 1. The molecule has 1 aromatic heterocycles. The number of pyridine rings is 1. The first kappa shape index (κ1) is 14.9. The van der Waals surface area contributed by atoms with Gasteiger partial charge in [-0.1, -0.05) is 23.2 Å². The maximum atomic E-state index is 11.0. The van der Waals surface area contributed by atoms with Gasteiger partial charge in [-0.25, -0.2) is 13.4 Å². The summed E-state index contributed by atoms with van der Waals surface area (Å²) in [6.45, 7) is 0. The van der Waals surface area contributed by atoms with Gasteiger partial charge in [-0.3, -0.25) is 0 Å². The van der Waals surface area contributed by atoms with Gasteiger partial charge in [0.1, 0.15) is 20.7 Å². The summed E-state index contributed by atoms with van der Waals surface area (Å²) in [4.78, 5) is 4.20. The molecular weight excluding hydrogens is 303 g/mol. The van der Waals surface area contributed by atoms with Gasteiger partial charge in [0.15, 0.2) is 0 Å². The van der Waals surface area contributed by atoms with Crippen molar-refractivity contribution < 1.29 is 8.42 Å². The molecule has 0 aliphatic carbocycles. The molecule has 0 fully saturated rings. The lowest BCUT2D eigenvalue weighted by molar-refractivity contribution is 0.603. The third-order valence-corrected chi connectivity index (χ3v) is 4.71. The molecule has 1 N–H and O–H groups in total. The van der Waals surface area contributed by atoms with Gasteiger partial charge < -0.3 is 5.32 Å². The van der Waals surface area contributed by atoms with Crippen molar-refractivity contribution in [1.82, 2.24) is 4.98 Å². The molecule has 17 heavy (non-hydrogen) atoms. The first-order valence-electron chi connectivity index (χ1n) is 4.68. The number of hydrogen-bond donors (Lipinski definition) is 1. The number of sulfone groups is 1. The second-order valence-electron chi connectivity index (χ2n) is 3.33. The third-order valence-electron chi connectivity index (χ3n) is 1.83. The highest BCUT2D eigenvalue weighted by atomic mass is 35.5. The maximum Gasteiger partial charge on any atom is 0.148 e. The van der Waals surface area contributed by atoms with Crippen molar-refractivity contribution in [2.24, 2.45) is 0 Å². The summed E-state index contributed by atoms with van der Waals surface area (Å²) in [7, 11) is -1.26. The molecule has 8 heteroatoms. The number of thioether (sulfide) groups is 1. The zero-order valence-electron chi connectivity index (χ0n) is 9.33. The van der Waals surface area contributed by atoms with Crippen LogP contribution in [0.25, 0.3) is 0 Å². The fraction of sp³-hybridized carbons (Fsp3) is 0.444. The predicted molar refractivity (Wildman–Crippen MR) is 74.2 cm³/mol. The van der Waals surface area contributed by atoms with E-state index in [2.05, 4.69) is 10.3 Å². The molecule has 4 nitrogen and oxygen atoms in total. The number of anilines is 1. The van der Waals surface area contributed by atoms with Crippen molar-refractivity contribution in [3.8, 4) is 0 Å². The van der Waals surface area contributed by atoms with Crippen LogP contribution in [0.5, 0.6) is 0 Å². The lowest BCUT2D eigenvalue weighted by Crippen LogP contribution is -2.05. The van der Waals surface area contributed by atoms with Gasteiger partial charge >= 0.3 is 0 Å².